The van der Waals surface area contributed by atoms with E-state index in [-0.39, 0.29) is 12.3 Å². The van der Waals surface area contributed by atoms with E-state index in [0.29, 0.717) is 0 Å². The standard InChI is InChI=1S/C16H15N3O/c1-19-9-8-17-15(19)11-16(20)18-14-7-6-12-4-2-3-5-13(12)10-14/h2-10H,11H2,1H3,(H,18,20). The van der Waals surface area contributed by atoms with Gasteiger partial charge in [0, 0.05) is 25.1 Å². The van der Waals surface area contributed by atoms with Crippen molar-refractivity contribution in [2.24, 2.45) is 7.05 Å². The highest BCUT2D eigenvalue weighted by Gasteiger charge is 2.07. The number of hydrogen-bond acceptors (Lipinski definition) is 2. The predicted octanol–water partition coefficient (Wildman–Crippen LogP) is 2.75. The largest absolute Gasteiger partial charge is 0.338 e. The van der Waals surface area contributed by atoms with E-state index in [1.165, 1.54) is 0 Å². The summed E-state index contributed by atoms with van der Waals surface area (Å²) >= 11 is 0. The maximum Gasteiger partial charge on any atom is 0.231 e. The lowest BCUT2D eigenvalue weighted by Gasteiger charge is -2.06. The van der Waals surface area contributed by atoms with Gasteiger partial charge in [0.15, 0.2) is 0 Å². The Morgan fingerprint density at radius 3 is 2.75 bits per heavy atom. The molecule has 0 atom stereocenters. The minimum Gasteiger partial charge on any atom is -0.338 e. The highest BCUT2D eigenvalue weighted by molar-refractivity contribution is 5.95. The number of nitrogens with one attached hydrogen (secondary N) is 1. The highest BCUT2D eigenvalue weighted by Crippen LogP contribution is 2.18. The molecule has 0 aliphatic rings. The SMILES string of the molecule is Cn1ccnc1CC(=O)Nc1ccc2ccccc2c1. The summed E-state index contributed by atoms with van der Waals surface area (Å²) in [6.45, 7) is 0. The Balaban J connectivity index is 1.75. The molecule has 2 aromatic carbocycles. The van der Waals surface area contributed by atoms with Crippen molar-refractivity contribution < 1.29 is 4.79 Å². The van der Waals surface area contributed by atoms with Crippen LogP contribution in [0, 0.1) is 0 Å². The van der Waals surface area contributed by atoms with Crippen LogP contribution < -0.4 is 5.32 Å². The maximum atomic E-state index is 12.0. The Hall–Kier alpha value is -2.62. The normalized spacial score (nSPS) is 10.7. The molecule has 0 spiro atoms. The summed E-state index contributed by atoms with van der Waals surface area (Å²) in [5.41, 5.74) is 0.808. The molecule has 4 heteroatoms. The van der Waals surface area contributed by atoms with Crippen molar-refractivity contribution in [3.63, 3.8) is 0 Å². The molecule has 0 saturated heterocycles. The van der Waals surface area contributed by atoms with E-state index in [2.05, 4.69) is 16.4 Å². The molecule has 3 rings (SSSR count). The molecule has 4 nitrogen and oxygen atoms in total. The third kappa shape index (κ3) is 2.54. The molecule has 0 saturated carbocycles. The lowest BCUT2D eigenvalue weighted by atomic mass is 10.1. The molecular weight excluding hydrogens is 250 g/mol. The van der Waals surface area contributed by atoms with Crippen LogP contribution in [0.25, 0.3) is 10.8 Å². The number of fused-ring (bicyclic) bond motifs is 1. The molecule has 0 bridgehead atoms. The van der Waals surface area contributed by atoms with E-state index in [1.54, 1.807) is 6.20 Å². The van der Waals surface area contributed by atoms with Crippen LogP contribution in [0.5, 0.6) is 0 Å². The van der Waals surface area contributed by atoms with Gasteiger partial charge in [0.05, 0.1) is 6.42 Å². The Bertz CT molecular complexity index is 761. The van der Waals surface area contributed by atoms with Gasteiger partial charge in [-0.2, -0.15) is 0 Å². The van der Waals surface area contributed by atoms with Crippen molar-refractivity contribution in [3.8, 4) is 0 Å². The lowest BCUT2D eigenvalue weighted by molar-refractivity contribution is -0.115. The zero-order chi connectivity index (χ0) is 13.9. The average Bonchev–Trinajstić information content (AvgIpc) is 2.84. The first-order valence-corrected chi connectivity index (χ1v) is 6.47. The van der Waals surface area contributed by atoms with Gasteiger partial charge in [0.1, 0.15) is 5.82 Å². The quantitative estimate of drug-likeness (QED) is 0.791. The Morgan fingerprint density at radius 2 is 2.00 bits per heavy atom. The van der Waals surface area contributed by atoms with Gasteiger partial charge in [0.25, 0.3) is 0 Å². The number of aromatic nitrogens is 2. The fraction of sp³-hybridized carbons (Fsp3) is 0.125. The third-order valence-electron chi connectivity index (χ3n) is 3.27. The number of anilines is 1. The van der Waals surface area contributed by atoms with Crippen LogP contribution in [0.1, 0.15) is 5.82 Å². The summed E-state index contributed by atoms with van der Waals surface area (Å²) in [5, 5.41) is 5.18. The lowest BCUT2D eigenvalue weighted by Crippen LogP contribution is -2.16. The Kier molecular flexibility index (Phi) is 3.21. The molecule has 0 fully saturated rings. The number of amides is 1. The predicted molar refractivity (Wildman–Crippen MR) is 79.5 cm³/mol. The molecule has 3 aromatic rings. The van der Waals surface area contributed by atoms with Gasteiger partial charge in [-0.1, -0.05) is 30.3 Å². The van der Waals surface area contributed by atoms with Crippen molar-refractivity contribution in [3.05, 3.63) is 60.7 Å². The molecule has 0 aliphatic carbocycles. The zero-order valence-corrected chi connectivity index (χ0v) is 11.2. The van der Waals surface area contributed by atoms with Crippen LogP contribution in [0.4, 0.5) is 5.69 Å². The number of aryl methyl sites for hydroxylation is 1. The summed E-state index contributed by atoms with van der Waals surface area (Å²) < 4.78 is 1.85. The topological polar surface area (TPSA) is 46.9 Å². The van der Waals surface area contributed by atoms with Crippen LogP contribution in [0.15, 0.2) is 54.9 Å². The second kappa shape index (κ2) is 5.17. The van der Waals surface area contributed by atoms with Crippen molar-refractivity contribution in [1.82, 2.24) is 9.55 Å². The van der Waals surface area contributed by atoms with Gasteiger partial charge >= 0.3 is 0 Å². The van der Waals surface area contributed by atoms with Gasteiger partial charge in [-0.25, -0.2) is 4.98 Å². The number of benzene rings is 2. The van der Waals surface area contributed by atoms with Crippen molar-refractivity contribution >= 4 is 22.4 Å². The number of carbonyl (C=O) groups is 1. The first-order valence-electron chi connectivity index (χ1n) is 6.47. The number of hydrogen-bond donors (Lipinski definition) is 1. The van der Waals surface area contributed by atoms with Crippen LogP contribution in [-0.2, 0) is 18.3 Å². The molecule has 1 N–H and O–H groups in total. The monoisotopic (exact) mass is 265 g/mol. The molecule has 0 unspecified atom stereocenters. The van der Waals surface area contributed by atoms with E-state index >= 15 is 0 Å². The number of rotatable bonds is 3. The van der Waals surface area contributed by atoms with E-state index in [1.807, 2.05) is 54.2 Å². The zero-order valence-electron chi connectivity index (χ0n) is 11.2. The van der Waals surface area contributed by atoms with Gasteiger partial charge < -0.3 is 9.88 Å². The molecule has 0 aliphatic heterocycles. The molecule has 20 heavy (non-hydrogen) atoms. The summed E-state index contributed by atoms with van der Waals surface area (Å²) in [6, 6.07) is 14.0. The number of nitrogens with zero attached hydrogens (tertiary/aromatic N) is 2. The average molecular weight is 265 g/mol. The number of imidazole rings is 1. The summed E-state index contributed by atoms with van der Waals surface area (Å²) in [6.07, 6.45) is 3.80. The van der Waals surface area contributed by atoms with Gasteiger partial charge in [0.2, 0.25) is 5.91 Å². The van der Waals surface area contributed by atoms with Gasteiger partial charge in [-0.3, -0.25) is 4.79 Å². The van der Waals surface area contributed by atoms with E-state index in [4.69, 9.17) is 0 Å². The van der Waals surface area contributed by atoms with Crippen LogP contribution in [-0.4, -0.2) is 15.5 Å². The number of carbonyl (C=O) groups excluding carboxylic acids is 1. The maximum absolute atomic E-state index is 12.0. The minimum atomic E-state index is -0.0606. The third-order valence-corrected chi connectivity index (χ3v) is 3.27. The second-order valence-electron chi connectivity index (χ2n) is 4.74. The van der Waals surface area contributed by atoms with Crippen molar-refractivity contribution in [2.45, 2.75) is 6.42 Å². The molecule has 1 heterocycles. The minimum absolute atomic E-state index is 0.0606. The summed E-state index contributed by atoms with van der Waals surface area (Å²) in [5.74, 6) is 0.692. The van der Waals surface area contributed by atoms with Crippen LogP contribution >= 0.6 is 0 Å². The molecule has 100 valence electrons. The summed E-state index contributed by atoms with van der Waals surface area (Å²) in [4.78, 5) is 16.2. The second-order valence-corrected chi connectivity index (χ2v) is 4.74. The van der Waals surface area contributed by atoms with Crippen molar-refractivity contribution in [1.29, 1.82) is 0 Å². The van der Waals surface area contributed by atoms with Gasteiger partial charge in [-0.15, -0.1) is 0 Å². The smallest absolute Gasteiger partial charge is 0.231 e. The highest BCUT2D eigenvalue weighted by atomic mass is 16.1. The van der Waals surface area contributed by atoms with Crippen molar-refractivity contribution in [2.75, 3.05) is 5.32 Å². The van der Waals surface area contributed by atoms with Crippen LogP contribution in [0.2, 0.25) is 0 Å². The van der Waals surface area contributed by atoms with E-state index in [0.717, 1.165) is 22.3 Å². The Morgan fingerprint density at radius 1 is 1.20 bits per heavy atom. The Labute approximate surface area is 117 Å². The molecule has 1 amide bonds. The van der Waals surface area contributed by atoms with Gasteiger partial charge in [-0.05, 0) is 22.9 Å². The summed E-state index contributed by atoms with van der Waals surface area (Å²) in [7, 11) is 1.88. The van der Waals surface area contributed by atoms with Crippen LogP contribution in [0.3, 0.4) is 0 Å². The molecule has 1 aromatic heterocycles. The first kappa shape index (κ1) is 12.4. The van der Waals surface area contributed by atoms with E-state index < -0.39 is 0 Å². The molecule has 0 radical (unpaired) electrons. The fourth-order valence-corrected chi connectivity index (χ4v) is 2.18. The first-order chi connectivity index (χ1) is 9.72. The fourth-order valence-electron chi connectivity index (χ4n) is 2.18. The molecular formula is C16H15N3O. The van der Waals surface area contributed by atoms with E-state index in [9.17, 15) is 4.79 Å².